The van der Waals surface area contributed by atoms with Crippen molar-refractivity contribution in [3.63, 3.8) is 0 Å². The third kappa shape index (κ3) is 111. The van der Waals surface area contributed by atoms with E-state index in [1.54, 1.807) is 6.92 Å². The van der Waals surface area contributed by atoms with E-state index >= 15 is 0 Å². The minimum atomic E-state index is -5.50. The zero-order valence-corrected chi connectivity index (χ0v) is 5.61. The number of carbonyl (C=O) groups excluding carboxylic acids is 1. The molecule has 1 amide bonds. The fourth-order valence-electron chi connectivity index (χ4n) is 0.142. The van der Waals surface area contributed by atoms with Crippen LogP contribution in [0.4, 0.5) is 22.4 Å². The van der Waals surface area contributed by atoms with Crippen LogP contribution in [0.2, 0.25) is 0 Å². The van der Waals surface area contributed by atoms with E-state index in [1.807, 2.05) is 0 Å². The van der Waals surface area contributed by atoms with Gasteiger partial charge in [-0.1, -0.05) is 0 Å². The van der Waals surface area contributed by atoms with Gasteiger partial charge in [0.25, 0.3) is 0 Å². The van der Waals surface area contributed by atoms with Crippen LogP contribution in [0.25, 0.3) is 0 Å². The van der Waals surface area contributed by atoms with Crippen molar-refractivity contribution in [3.8, 4) is 0 Å². The summed E-state index contributed by atoms with van der Waals surface area (Å²) < 4.78 is 42.9. The number of hydrogen-bond donors (Lipinski definition) is 1. The van der Waals surface area contributed by atoms with Crippen molar-refractivity contribution in [2.45, 2.75) is 13.4 Å². The van der Waals surface area contributed by atoms with Crippen molar-refractivity contribution in [3.05, 3.63) is 0 Å². The van der Waals surface area contributed by atoms with E-state index in [4.69, 9.17) is 0 Å². The predicted octanol–water partition coefficient (Wildman–Crippen LogP) is 1.58. The molecule has 0 aliphatic rings. The molecule has 2 N–H and O–H groups in total. The van der Waals surface area contributed by atoms with Gasteiger partial charge in [0.15, 0.2) is 0 Å². The monoisotopic (exact) mass is 177 g/mol. The Morgan fingerprint density at radius 3 is 1.73 bits per heavy atom. The molecule has 0 atom stereocenters. The second kappa shape index (κ2) is 5.75. The molecule has 7 heteroatoms. The third-order valence-corrected chi connectivity index (χ3v) is 0.287. The minimum Gasteiger partial charge on any atom is -0.450 e. The molecule has 0 unspecified atom stereocenters. The van der Waals surface area contributed by atoms with Crippen LogP contribution in [0, 0.1) is 0 Å². The highest BCUT2D eigenvalue weighted by molar-refractivity contribution is 5.64. The van der Waals surface area contributed by atoms with Gasteiger partial charge in [0, 0.05) is 0 Å². The van der Waals surface area contributed by atoms with E-state index in [-0.39, 0.29) is 0 Å². The summed E-state index contributed by atoms with van der Waals surface area (Å²) in [5.41, 5.74) is 4.54. The Labute approximate surface area is 60.1 Å². The number of carbonyl (C=O) groups is 1. The van der Waals surface area contributed by atoms with Crippen LogP contribution in [0.5, 0.6) is 0 Å². The topological polar surface area (TPSA) is 52.3 Å². The number of rotatable bonds is 1. The molecule has 0 spiro atoms. The molecule has 0 aliphatic carbocycles. The van der Waals surface area contributed by atoms with Crippen LogP contribution in [-0.2, 0) is 4.74 Å². The Morgan fingerprint density at radius 2 is 1.73 bits per heavy atom. The normalized spacial score (nSPS) is 9.55. The molecule has 0 fully saturated rings. The van der Waals surface area contributed by atoms with Crippen molar-refractivity contribution >= 4 is 6.09 Å². The SMILES string of the molecule is CCOC(N)=O.FC(F)(F)F. The molecule has 0 saturated carbocycles. The van der Waals surface area contributed by atoms with Gasteiger partial charge >= 0.3 is 12.5 Å². The minimum absolute atomic E-state index is 0.356. The maximum Gasteiger partial charge on any atom is 0.559 e. The van der Waals surface area contributed by atoms with E-state index in [0.717, 1.165) is 0 Å². The average Bonchev–Trinajstić information content (AvgIpc) is 1.58. The van der Waals surface area contributed by atoms with Crippen molar-refractivity contribution in [1.29, 1.82) is 0 Å². The molecule has 0 aromatic rings. The highest BCUT2D eigenvalue weighted by Gasteiger charge is 2.24. The highest BCUT2D eigenvalue weighted by Crippen LogP contribution is 2.13. The summed E-state index contributed by atoms with van der Waals surface area (Å²) in [5.74, 6) is 0. The molecule has 68 valence electrons. The van der Waals surface area contributed by atoms with E-state index in [0.29, 0.717) is 6.61 Å². The zero-order chi connectivity index (χ0) is 9.49. The zero-order valence-electron chi connectivity index (χ0n) is 5.61. The predicted molar refractivity (Wildman–Crippen MR) is 28.4 cm³/mol. The quantitative estimate of drug-likeness (QED) is 0.618. The Morgan fingerprint density at radius 1 is 1.45 bits per heavy atom. The average molecular weight is 177 g/mol. The number of ether oxygens (including phenoxy) is 1. The molecule has 0 radical (unpaired) electrons. The van der Waals surface area contributed by atoms with Gasteiger partial charge in [0.2, 0.25) is 0 Å². The Bertz CT molecular complexity index is 107. The van der Waals surface area contributed by atoms with Gasteiger partial charge in [0.05, 0.1) is 6.61 Å². The molecule has 11 heavy (non-hydrogen) atoms. The van der Waals surface area contributed by atoms with Gasteiger partial charge in [-0.15, -0.1) is 17.6 Å². The fraction of sp³-hybridized carbons (Fsp3) is 0.750. The summed E-state index contributed by atoms with van der Waals surface area (Å²) in [6, 6.07) is 0. The molecule has 3 nitrogen and oxygen atoms in total. The number of hydrogen-bond acceptors (Lipinski definition) is 2. The van der Waals surface area contributed by atoms with E-state index in [2.05, 4.69) is 10.5 Å². The first-order valence-electron chi connectivity index (χ1n) is 2.45. The van der Waals surface area contributed by atoms with Gasteiger partial charge in [-0.2, -0.15) is 0 Å². The Balaban J connectivity index is 0. The lowest BCUT2D eigenvalue weighted by atomic mass is 10.9. The van der Waals surface area contributed by atoms with Crippen LogP contribution in [0.1, 0.15) is 6.92 Å². The van der Waals surface area contributed by atoms with Gasteiger partial charge < -0.3 is 10.5 Å². The first-order valence-corrected chi connectivity index (χ1v) is 2.45. The second-order valence-electron chi connectivity index (χ2n) is 1.18. The molecule has 0 rings (SSSR count). The molecular formula is C4H7F4NO2. The van der Waals surface area contributed by atoms with Crippen molar-refractivity contribution < 1.29 is 27.1 Å². The third-order valence-electron chi connectivity index (χ3n) is 0.287. The molecule has 0 aliphatic heterocycles. The largest absolute Gasteiger partial charge is 0.559 e. The summed E-state index contributed by atoms with van der Waals surface area (Å²) in [4.78, 5) is 9.60. The Kier molecular flexibility index (Phi) is 6.61. The summed E-state index contributed by atoms with van der Waals surface area (Å²) >= 11 is 0. The number of primary amides is 1. The first kappa shape index (κ1) is 12.6. The lowest BCUT2D eigenvalue weighted by Gasteiger charge is -1.89. The molecule has 0 bridgehead atoms. The molecule has 0 aromatic heterocycles. The Hall–Kier alpha value is -1.01. The standard InChI is InChI=1S/C3H7NO2.CF4/c1-2-6-3(4)5;2-1(3,4)5/h2H2,1H3,(H2,4,5);. The molecule has 0 saturated heterocycles. The number of halogens is 4. The fourth-order valence-corrected chi connectivity index (χ4v) is 0.142. The number of nitrogens with two attached hydrogens (primary N) is 1. The van der Waals surface area contributed by atoms with Crippen LogP contribution < -0.4 is 5.73 Å². The first-order chi connectivity index (χ1) is 4.77. The summed E-state index contributed by atoms with van der Waals surface area (Å²) in [6.07, 6.45) is -6.21. The van der Waals surface area contributed by atoms with Gasteiger partial charge in [0.1, 0.15) is 0 Å². The van der Waals surface area contributed by atoms with Gasteiger partial charge in [-0.05, 0) is 6.92 Å². The van der Waals surface area contributed by atoms with Crippen LogP contribution in [0.15, 0.2) is 0 Å². The van der Waals surface area contributed by atoms with Crippen molar-refractivity contribution in [2.75, 3.05) is 6.61 Å². The molecule has 0 heterocycles. The van der Waals surface area contributed by atoms with E-state index < -0.39 is 12.5 Å². The van der Waals surface area contributed by atoms with Gasteiger partial charge in [-0.3, -0.25) is 0 Å². The van der Waals surface area contributed by atoms with Crippen molar-refractivity contribution in [2.24, 2.45) is 5.73 Å². The van der Waals surface area contributed by atoms with E-state index in [9.17, 15) is 22.4 Å². The summed E-state index contributed by atoms with van der Waals surface area (Å²) in [5, 5.41) is 0. The lowest BCUT2D eigenvalue weighted by molar-refractivity contribution is -0.237. The second-order valence-corrected chi connectivity index (χ2v) is 1.18. The molecular weight excluding hydrogens is 170 g/mol. The van der Waals surface area contributed by atoms with E-state index in [1.165, 1.54) is 0 Å². The lowest BCUT2D eigenvalue weighted by Crippen LogP contribution is -2.11. The highest BCUT2D eigenvalue weighted by atomic mass is 19.5. The van der Waals surface area contributed by atoms with Gasteiger partial charge in [-0.25, -0.2) is 4.79 Å². The maximum atomic E-state index is 9.69. The smallest absolute Gasteiger partial charge is 0.450 e. The van der Waals surface area contributed by atoms with Crippen LogP contribution >= 0.6 is 0 Å². The number of amides is 1. The summed E-state index contributed by atoms with van der Waals surface area (Å²) in [7, 11) is 0. The van der Waals surface area contributed by atoms with Crippen LogP contribution in [-0.4, -0.2) is 19.1 Å². The maximum absolute atomic E-state index is 9.69. The van der Waals surface area contributed by atoms with Crippen LogP contribution in [0.3, 0.4) is 0 Å². The number of alkyl halides is 4. The molecule has 0 aromatic carbocycles. The van der Waals surface area contributed by atoms with Crippen molar-refractivity contribution in [1.82, 2.24) is 0 Å². The summed E-state index contributed by atoms with van der Waals surface area (Å²) in [6.45, 7) is 2.06.